The highest BCUT2D eigenvalue weighted by Crippen LogP contribution is 2.89. The van der Waals surface area contributed by atoms with Crippen LogP contribution in [-0.2, 0) is 47.4 Å². The molecule has 28 heteroatoms. The maximum Gasteiger partial charge on any atom is 0.187 e. The first-order valence-electron chi connectivity index (χ1n) is 31.9. The highest BCUT2D eigenvalue weighted by atomic mass is 16.8. The van der Waals surface area contributed by atoms with Crippen molar-refractivity contribution in [3.8, 4) is 0 Å². The van der Waals surface area contributed by atoms with Gasteiger partial charge in [-0.15, -0.1) is 0 Å². The predicted octanol–water partition coefficient (Wildman–Crippen LogP) is -4.94. The summed E-state index contributed by atoms with van der Waals surface area (Å²) >= 11 is 0. The Morgan fingerprint density at radius 1 is 0.455 bits per heavy atom. The molecule has 5 aliphatic heterocycles. The van der Waals surface area contributed by atoms with Crippen LogP contribution in [0.4, 0.5) is 0 Å². The normalized spacial score (nSPS) is 58.1. The van der Waals surface area contributed by atoms with Crippen LogP contribution in [-0.4, -0.2) is 296 Å². The lowest BCUT2D eigenvalue weighted by atomic mass is 9.41. The molecule has 0 unspecified atom stereocenters. The van der Waals surface area contributed by atoms with Crippen molar-refractivity contribution in [1.29, 1.82) is 0 Å². The molecule has 6 aliphatic carbocycles. The van der Waals surface area contributed by atoms with E-state index in [1.807, 2.05) is 6.92 Å². The maximum absolute atomic E-state index is 12.6. The van der Waals surface area contributed by atoms with Gasteiger partial charge in [0.15, 0.2) is 31.5 Å². The highest BCUT2D eigenvalue weighted by Gasteiger charge is 2.83. The molecule has 38 atom stereocenters. The third-order valence-electron chi connectivity index (χ3n) is 24.9. The molecule has 18 N–H and O–H groups in total. The van der Waals surface area contributed by atoms with E-state index in [-0.39, 0.29) is 47.0 Å². The predicted molar refractivity (Wildman–Crippen MR) is 295 cm³/mol. The van der Waals surface area contributed by atoms with E-state index in [1.165, 1.54) is 13.8 Å². The molecule has 11 aliphatic rings. The molecule has 88 heavy (non-hydrogen) atoms. The molecule has 508 valence electrons. The Hall–Kier alpha value is -1.12. The quantitative estimate of drug-likeness (QED) is 0.0644. The van der Waals surface area contributed by atoms with Gasteiger partial charge in [0.1, 0.15) is 110 Å². The minimum absolute atomic E-state index is 0.0929. The van der Waals surface area contributed by atoms with E-state index in [1.54, 1.807) is 13.8 Å². The first-order valence-corrected chi connectivity index (χ1v) is 31.9. The monoisotopic (exact) mass is 1270 g/mol. The highest BCUT2D eigenvalue weighted by molar-refractivity contribution is 5.31. The van der Waals surface area contributed by atoms with Crippen LogP contribution in [0.5, 0.6) is 0 Å². The molecule has 6 saturated carbocycles. The summed E-state index contributed by atoms with van der Waals surface area (Å²) in [6.07, 6.45) is -35.9. The molecule has 5 saturated heterocycles. The number of rotatable bonds is 16. The molecule has 5 heterocycles. The number of ether oxygens (including phenoxy) is 10. The smallest absolute Gasteiger partial charge is 0.187 e. The Kier molecular flexibility index (Phi) is 19.3. The van der Waals surface area contributed by atoms with Crippen LogP contribution in [0, 0.1) is 56.7 Å². The van der Waals surface area contributed by atoms with Crippen LogP contribution in [0.2, 0.25) is 0 Å². The van der Waals surface area contributed by atoms with Crippen molar-refractivity contribution in [2.24, 2.45) is 56.7 Å². The van der Waals surface area contributed by atoms with E-state index < -0.39 is 220 Å². The molecule has 0 aromatic rings. The molecule has 0 amide bonds. The topological polar surface area (TPSA) is 456 Å². The lowest BCUT2D eigenvalue weighted by Gasteiger charge is -2.64. The molecular weight excluding hydrogens is 1170 g/mol. The van der Waals surface area contributed by atoms with Gasteiger partial charge in [-0.1, -0.05) is 20.8 Å². The minimum atomic E-state index is -1.89. The zero-order valence-electron chi connectivity index (χ0n) is 51.1. The third kappa shape index (κ3) is 10.8. The van der Waals surface area contributed by atoms with E-state index in [0.29, 0.717) is 25.7 Å². The summed E-state index contributed by atoms with van der Waals surface area (Å²) in [5, 5.41) is 198. The van der Waals surface area contributed by atoms with Crippen LogP contribution in [0.15, 0.2) is 0 Å². The Morgan fingerprint density at radius 2 is 0.943 bits per heavy atom. The summed E-state index contributed by atoms with van der Waals surface area (Å²) in [7, 11) is 0. The second-order valence-electron chi connectivity index (χ2n) is 29.5. The third-order valence-corrected chi connectivity index (χ3v) is 24.9. The SMILES string of the molecule is C[C@@H]1O[C@@H](OC[C@H]2O[C@@H](O[C@H]3CC[C@]45C[C@]46CC[C@]4(C)[C@@H]([C@@H]7[C@H](O)[C@H](C(C)(C)O)C[C@@H]7O[C@H]7O[C@@H](CO)[C@H](O)[C@@H](O)[C@@H]7O[C@H]7O[C@@H](CO)[C@H](O)[C@@H](O)[C@@H]7O)CC[C@@]4(C)[C@@H]6CC[C@H]5[C@@]3(C)CO)[C@H](O[C@@H]3O[C@@H](C)[C@H](O)[C@@H](O)[C@H]3O)[C@@H](O)[C@@H]2O)[C@H](O)[C@H](O)[C@H]1O. The number of aliphatic hydroxyl groups excluding tert-OH is 17. The van der Waals surface area contributed by atoms with Crippen LogP contribution >= 0.6 is 0 Å². The Labute approximate surface area is 511 Å². The summed E-state index contributed by atoms with van der Waals surface area (Å²) in [6.45, 7) is 10.4. The van der Waals surface area contributed by atoms with Gasteiger partial charge in [0.25, 0.3) is 0 Å². The number of hydrogen-bond donors (Lipinski definition) is 18. The summed E-state index contributed by atoms with van der Waals surface area (Å²) < 4.78 is 61.4. The van der Waals surface area contributed by atoms with E-state index in [2.05, 4.69) is 13.8 Å². The lowest BCUT2D eigenvalue weighted by molar-refractivity contribution is -0.380. The van der Waals surface area contributed by atoms with Gasteiger partial charge in [0, 0.05) is 17.3 Å². The van der Waals surface area contributed by atoms with E-state index in [0.717, 1.165) is 32.1 Å². The first kappa shape index (κ1) is 68.3. The van der Waals surface area contributed by atoms with Gasteiger partial charge in [0.2, 0.25) is 0 Å². The van der Waals surface area contributed by atoms with Gasteiger partial charge < -0.3 is 139 Å². The Bertz CT molecular complexity index is 2390. The zero-order chi connectivity index (χ0) is 64.0. The lowest BCUT2D eigenvalue weighted by Crippen LogP contribution is -2.66. The molecule has 11 rings (SSSR count). The van der Waals surface area contributed by atoms with Crippen molar-refractivity contribution in [2.75, 3.05) is 26.4 Å². The summed E-state index contributed by atoms with van der Waals surface area (Å²) in [6, 6.07) is 0. The molecule has 0 radical (unpaired) electrons. The molecule has 0 bridgehead atoms. The van der Waals surface area contributed by atoms with Crippen molar-refractivity contribution in [3.63, 3.8) is 0 Å². The van der Waals surface area contributed by atoms with Gasteiger partial charge in [-0.3, -0.25) is 0 Å². The minimum Gasteiger partial charge on any atom is -0.396 e. The standard InChI is InChI=1S/C60H100O28/c1-22-34(64)40(70)45(75)50(80-22)79-19-29-39(69)44(74)49(87-51-46(76)41(71)35(65)23(2)81-51)54(85-29)86-32-11-13-59-20-60(59)15-14-57(6)24(10-12-58(57,7)31(60)9-8-30(59)56(32,5)21-63)33-26(16-25(36(33)66)55(3,4)78)82-53-48(43(73)38(68)28(18-62)84-53)88-52-47(77)42(72)37(67)27(17-61)83-52/h22-54,61-78H,8-21H2,1-7H3/t22-,23-,24+,25+,26-,27-,28-,29+,30-,31-,32-,33-,34-,35-,36+,37-,38-,39+,40+,41+,42+,43+,44-,45+,46+,47-,48-,49+,50+,51-,52+,53-,54-,56+,57+,58-,59+,60-/m0/s1. The molecule has 0 aromatic heterocycles. The maximum atomic E-state index is 12.6. The fraction of sp³-hybridized carbons (Fsp3) is 1.00. The van der Waals surface area contributed by atoms with Crippen LogP contribution in [0.25, 0.3) is 0 Å². The second-order valence-corrected chi connectivity index (χ2v) is 29.5. The van der Waals surface area contributed by atoms with Gasteiger partial charge in [-0.2, -0.15) is 0 Å². The van der Waals surface area contributed by atoms with Crippen molar-refractivity contribution < 1.29 is 139 Å². The summed E-state index contributed by atoms with van der Waals surface area (Å²) in [5.74, 6) is -1.45. The van der Waals surface area contributed by atoms with Crippen molar-refractivity contribution >= 4 is 0 Å². The van der Waals surface area contributed by atoms with Gasteiger partial charge >= 0.3 is 0 Å². The zero-order valence-corrected chi connectivity index (χ0v) is 51.1. The first-order chi connectivity index (χ1) is 41.3. The van der Waals surface area contributed by atoms with Gasteiger partial charge in [-0.05, 0) is 131 Å². The fourth-order valence-corrected chi connectivity index (χ4v) is 19.5. The number of hydrogen-bond acceptors (Lipinski definition) is 28. The van der Waals surface area contributed by atoms with Crippen LogP contribution in [0.1, 0.15) is 113 Å². The van der Waals surface area contributed by atoms with E-state index in [4.69, 9.17) is 47.4 Å². The summed E-state index contributed by atoms with van der Waals surface area (Å²) in [4.78, 5) is 0. The fourth-order valence-electron chi connectivity index (χ4n) is 19.5. The van der Waals surface area contributed by atoms with Crippen LogP contribution in [0.3, 0.4) is 0 Å². The summed E-state index contributed by atoms with van der Waals surface area (Å²) in [5.41, 5.74) is -3.46. The average molecular weight is 1270 g/mol. The van der Waals surface area contributed by atoms with Crippen LogP contribution < -0.4 is 0 Å². The van der Waals surface area contributed by atoms with E-state index >= 15 is 0 Å². The van der Waals surface area contributed by atoms with Gasteiger partial charge in [0.05, 0.1) is 62.5 Å². The van der Waals surface area contributed by atoms with Crippen molar-refractivity contribution in [3.05, 3.63) is 0 Å². The molecule has 11 fully saturated rings. The largest absolute Gasteiger partial charge is 0.396 e. The molecule has 2 spiro atoms. The van der Waals surface area contributed by atoms with Crippen molar-refractivity contribution in [2.45, 2.75) is 290 Å². The number of fused-ring (bicyclic) bond motifs is 2. The Morgan fingerprint density at radius 3 is 1.52 bits per heavy atom. The Balaban J connectivity index is 0.835. The van der Waals surface area contributed by atoms with Gasteiger partial charge in [-0.25, -0.2) is 0 Å². The molecular formula is C60H100O28. The average Bonchev–Trinajstić information content (AvgIpc) is 1.48. The van der Waals surface area contributed by atoms with Crippen molar-refractivity contribution in [1.82, 2.24) is 0 Å². The number of aliphatic hydroxyl groups is 18. The molecule has 0 aromatic carbocycles. The molecule has 28 nitrogen and oxygen atoms in total. The second kappa shape index (κ2) is 24.8. The van der Waals surface area contributed by atoms with E-state index in [9.17, 15) is 91.9 Å².